The lowest BCUT2D eigenvalue weighted by atomic mass is 9.89. The molecule has 2 fully saturated rings. The Labute approximate surface area is 124 Å². The molecule has 0 unspecified atom stereocenters. The van der Waals surface area contributed by atoms with Crippen LogP contribution in [0.15, 0.2) is 10.9 Å². The number of rotatable bonds is 3. The molecule has 1 aromatic rings. The summed E-state index contributed by atoms with van der Waals surface area (Å²) in [5, 5.41) is 2.96. The Morgan fingerprint density at radius 2 is 2.10 bits per heavy atom. The zero-order valence-electron chi connectivity index (χ0n) is 12.6. The Kier molecular flexibility index (Phi) is 3.80. The summed E-state index contributed by atoms with van der Waals surface area (Å²) in [7, 11) is 2.08. The van der Waals surface area contributed by atoms with Crippen molar-refractivity contribution in [3.63, 3.8) is 0 Å². The molecule has 0 bridgehead atoms. The Hall–Kier alpha value is -1.69. The highest BCUT2D eigenvalue weighted by molar-refractivity contribution is 5.77. The molecule has 2 N–H and O–H groups in total. The van der Waals surface area contributed by atoms with Gasteiger partial charge in [-0.15, -0.1) is 0 Å². The summed E-state index contributed by atoms with van der Waals surface area (Å²) < 4.78 is 0. The van der Waals surface area contributed by atoms with Gasteiger partial charge in [-0.1, -0.05) is 0 Å². The summed E-state index contributed by atoms with van der Waals surface area (Å²) in [5.41, 5.74) is 0.712. The molecular weight excluding hydrogens is 268 g/mol. The fraction of sp³-hybridized carbons (Fsp3) is 0.667. The zero-order chi connectivity index (χ0) is 15.0. The second-order valence-electron chi connectivity index (χ2n) is 6.39. The van der Waals surface area contributed by atoms with Crippen molar-refractivity contribution in [2.75, 3.05) is 13.6 Å². The number of carbonyl (C=O) groups excluding carboxylic acids is 1. The molecule has 1 saturated heterocycles. The lowest BCUT2D eigenvalue weighted by Gasteiger charge is -2.24. The third-order valence-corrected chi connectivity index (χ3v) is 4.77. The largest absolute Gasteiger partial charge is 0.356 e. The van der Waals surface area contributed by atoms with Crippen molar-refractivity contribution in [1.82, 2.24) is 20.2 Å². The first-order valence-electron chi connectivity index (χ1n) is 7.55. The van der Waals surface area contributed by atoms with E-state index in [9.17, 15) is 9.59 Å². The van der Waals surface area contributed by atoms with Crippen molar-refractivity contribution in [3.8, 4) is 0 Å². The average molecular weight is 290 g/mol. The van der Waals surface area contributed by atoms with Crippen LogP contribution < -0.4 is 10.9 Å². The second-order valence-corrected chi connectivity index (χ2v) is 6.39. The van der Waals surface area contributed by atoms with Crippen LogP contribution >= 0.6 is 0 Å². The van der Waals surface area contributed by atoms with Gasteiger partial charge in [0.15, 0.2) is 0 Å². The van der Waals surface area contributed by atoms with Gasteiger partial charge in [0.25, 0.3) is 5.56 Å². The molecular formula is C15H22N4O2. The van der Waals surface area contributed by atoms with E-state index in [1.165, 1.54) is 0 Å². The molecule has 0 aromatic carbocycles. The molecule has 1 saturated carbocycles. The first kappa shape index (κ1) is 14.3. The van der Waals surface area contributed by atoms with E-state index in [4.69, 9.17) is 0 Å². The molecule has 3 rings (SSSR count). The Morgan fingerprint density at radius 1 is 1.33 bits per heavy atom. The van der Waals surface area contributed by atoms with E-state index in [-0.39, 0.29) is 11.5 Å². The minimum Gasteiger partial charge on any atom is -0.356 e. The van der Waals surface area contributed by atoms with E-state index < -0.39 is 0 Å². The fourth-order valence-corrected chi connectivity index (χ4v) is 3.70. The molecule has 1 amide bonds. The summed E-state index contributed by atoms with van der Waals surface area (Å²) in [6.45, 7) is 3.29. The van der Waals surface area contributed by atoms with Crippen LogP contribution in [0.1, 0.15) is 30.8 Å². The molecule has 3 atom stereocenters. The molecule has 0 radical (unpaired) electrons. The van der Waals surface area contributed by atoms with Crippen LogP contribution in [-0.2, 0) is 11.3 Å². The van der Waals surface area contributed by atoms with Crippen molar-refractivity contribution < 1.29 is 4.79 Å². The Morgan fingerprint density at radius 3 is 2.86 bits per heavy atom. The summed E-state index contributed by atoms with van der Waals surface area (Å²) in [4.78, 5) is 32.3. The third kappa shape index (κ3) is 3.15. The highest BCUT2D eigenvalue weighted by Gasteiger charge is 2.39. The van der Waals surface area contributed by atoms with E-state index >= 15 is 0 Å². The first-order chi connectivity index (χ1) is 10.0. The molecule has 2 heterocycles. The predicted octanol–water partition coefficient (Wildman–Crippen LogP) is 0.425. The minimum atomic E-state index is -0.0965. The van der Waals surface area contributed by atoms with E-state index in [2.05, 4.69) is 27.2 Å². The average Bonchev–Trinajstić information content (AvgIpc) is 2.80. The van der Waals surface area contributed by atoms with Crippen molar-refractivity contribution in [2.24, 2.45) is 11.8 Å². The molecule has 6 nitrogen and oxygen atoms in total. The number of aromatic nitrogens is 2. The highest BCUT2D eigenvalue weighted by atomic mass is 16.1. The van der Waals surface area contributed by atoms with Crippen molar-refractivity contribution in [1.29, 1.82) is 0 Å². The quantitative estimate of drug-likeness (QED) is 0.846. The molecule has 21 heavy (non-hydrogen) atoms. The van der Waals surface area contributed by atoms with Gasteiger partial charge >= 0.3 is 0 Å². The van der Waals surface area contributed by atoms with Crippen LogP contribution in [-0.4, -0.2) is 40.4 Å². The van der Waals surface area contributed by atoms with Gasteiger partial charge in [-0.05, 0) is 38.6 Å². The topological polar surface area (TPSA) is 78.1 Å². The monoisotopic (exact) mass is 290 g/mol. The third-order valence-electron chi connectivity index (χ3n) is 4.77. The number of carbonyl (C=O) groups is 1. The van der Waals surface area contributed by atoms with Crippen LogP contribution in [0.5, 0.6) is 0 Å². The molecule has 1 aliphatic carbocycles. The fourth-order valence-electron chi connectivity index (χ4n) is 3.70. The van der Waals surface area contributed by atoms with Crippen LogP contribution in [0.2, 0.25) is 0 Å². The van der Waals surface area contributed by atoms with Gasteiger partial charge in [0.05, 0.1) is 5.69 Å². The molecule has 1 aliphatic heterocycles. The summed E-state index contributed by atoms with van der Waals surface area (Å²) in [5.74, 6) is 1.95. The number of H-pyrrole nitrogens is 1. The molecule has 6 heteroatoms. The number of nitrogens with one attached hydrogen (secondary N) is 2. The van der Waals surface area contributed by atoms with Gasteiger partial charge in [0.1, 0.15) is 5.82 Å². The van der Waals surface area contributed by atoms with E-state index in [0.29, 0.717) is 36.7 Å². The summed E-state index contributed by atoms with van der Waals surface area (Å²) in [6, 6.07) is 2.03. The highest BCUT2D eigenvalue weighted by Crippen LogP contribution is 2.38. The van der Waals surface area contributed by atoms with Gasteiger partial charge < -0.3 is 10.3 Å². The van der Waals surface area contributed by atoms with E-state index in [0.717, 1.165) is 25.1 Å². The molecule has 1 aromatic heterocycles. The number of piperidine rings is 1. The van der Waals surface area contributed by atoms with Gasteiger partial charge in [0.2, 0.25) is 5.91 Å². The number of hydrogen-bond acceptors (Lipinski definition) is 4. The van der Waals surface area contributed by atoms with Gasteiger partial charge in [-0.3, -0.25) is 14.5 Å². The zero-order valence-corrected chi connectivity index (χ0v) is 12.6. The number of hydrogen-bond donors (Lipinski definition) is 2. The van der Waals surface area contributed by atoms with Crippen LogP contribution in [0.3, 0.4) is 0 Å². The molecule has 0 spiro atoms. The number of fused-ring (bicyclic) bond motifs is 1. The number of nitrogens with zero attached hydrogens (tertiary/aromatic N) is 2. The number of aryl methyl sites for hydroxylation is 1. The predicted molar refractivity (Wildman–Crippen MR) is 78.7 cm³/mol. The summed E-state index contributed by atoms with van der Waals surface area (Å²) in [6.07, 6.45) is 2.84. The van der Waals surface area contributed by atoms with Gasteiger partial charge in [0, 0.05) is 31.6 Å². The SMILES string of the molecule is Cc1nc(CN(C)[C@H]2C[C@H]3CNC(=O)C[C@H]3C2)cc(=O)[nH]1. The van der Waals surface area contributed by atoms with Crippen LogP contribution in [0.25, 0.3) is 0 Å². The smallest absolute Gasteiger partial charge is 0.251 e. The summed E-state index contributed by atoms with van der Waals surface area (Å²) >= 11 is 0. The first-order valence-corrected chi connectivity index (χ1v) is 7.55. The van der Waals surface area contributed by atoms with E-state index in [1.807, 2.05) is 0 Å². The Balaban J connectivity index is 1.65. The van der Waals surface area contributed by atoms with Crippen LogP contribution in [0.4, 0.5) is 0 Å². The van der Waals surface area contributed by atoms with Crippen molar-refractivity contribution in [2.45, 2.75) is 38.8 Å². The molecule has 114 valence electrons. The minimum absolute atomic E-state index is 0.0965. The standard InChI is InChI=1S/C15H22N4O2/c1-9-17-12(6-15(21)18-9)8-19(2)13-3-10-5-14(20)16-7-11(10)4-13/h6,10-11,13H,3-5,7-8H2,1-2H3,(H,16,20)(H,17,18,21)/t10-,11+,13-/m1/s1. The maximum Gasteiger partial charge on any atom is 0.251 e. The van der Waals surface area contributed by atoms with Gasteiger partial charge in [-0.25, -0.2) is 4.98 Å². The number of amides is 1. The normalized spacial score (nSPS) is 28.5. The molecule has 2 aliphatic rings. The van der Waals surface area contributed by atoms with Crippen molar-refractivity contribution in [3.05, 3.63) is 27.9 Å². The second kappa shape index (κ2) is 5.60. The van der Waals surface area contributed by atoms with Crippen LogP contribution in [0, 0.1) is 18.8 Å². The van der Waals surface area contributed by atoms with Crippen molar-refractivity contribution >= 4 is 5.91 Å². The maximum atomic E-state index is 11.5. The Bertz CT molecular complexity index is 598. The maximum absolute atomic E-state index is 11.5. The van der Waals surface area contributed by atoms with E-state index in [1.54, 1.807) is 13.0 Å². The van der Waals surface area contributed by atoms with Gasteiger partial charge in [-0.2, -0.15) is 0 Å². The lowest BCUT2D eigenvalue weighted by molar-refractivity contribution is -0.124. The lowest BCUT2D eigenvalue weighted by Crippen LogP contribution is -2.38. The number of aromatic amines is 1.